The molecule has 0 saturated heterocycles. The summed E-state index contributed by atoms with van der Waals surface area (Å²) in [6.45, 7) is 0.815. The molecule has 0 saturated carbocycles. The second-order valence-corrected chi connectivity index (χ2v) is 5.90. The molecule has 5 nitrogen and oxygen atoms in total. The maximum atomic E-state index is 13.0. The Morgan fingerprint density at radius 2 is 2.00 bits per heavy atom. The molecular weight excluding hydrogens is 329 g/mol. The van der Waals surface area contributed by atoms with E-state index in [1.54, 1.807) is 25.3 Å². The van der Waals surface area contributed by atoms with Gasteiger partial charge in [0, 0.05) is 20.3 Å². The Hall–Kier alpha value is -2.74. The standard InChI is InChI=1S/C17H14FN3O2S/c1-23-8-2-7-21-16(22)15(24-17(21)13(10-19)11-20)9-12-3-5-14(18)6-4-12/h3-6,9H,2,7-8H2,1H3. The largest absolute Gasteiger partial charge is 0.385 e. The summed E-state index contributed by atoms with van der Waals surface area (Å²) in [5, 5.41) is 18.2. The number of benzene rings is 1. The summed E-state index contributed by atoms with van der Waals surface area (Å²) >= 11 is 1.08. The number of methoxy groups -OCH3 is 1. The van der Waals surface area contributed by atoms with Crippen LogP contribution >= 0.6 is 11.3 Å². The molecule has 2 rings (SSSR count). The van der Waals surface area contributed by atoms with Crippen LogP contribution in [0.2, 0.25) is 0 Å². The summed E-state index contributed by atoms with van der Waals surface area (Å²) in [4.78, 5) is 12.6. The highest BCUT2D eigenvalue weighted by Gasteiger charge is 2.09. The van der Waals surface area contributed by atoms with Gasteiger partial charge in [-0.3, -0.25) is 9.36 Å². The third-order valence-electron chi connectivity index (χ3n) is 3.24. The van der Waals surface area contributed by atoms with Gasteiger partial charge in [-0.25, -0.2) is 4.39 Å². The number of ether oxygens (including phenoxy) is 1. The van der Waals surface area contributed by atoms with Crippen molar-refractivity contribution in [1.29, 1.82) is 10.5 Å². The van der Waals surface area contributed by atoms with Crippen molar-refractivity contribution in [2.45, 2.75) is 13.0 Å². The summed E-state index contributed by atoms with van der Waals surface area (Å²) in [5.74, 6) is -0.361. The minimum absolute atomic E-state index is 0.103. The maximum absolute atomic E-state index is 13.0. The molecule has 1 aromatic carbocycles. The van der Waals surface area contributed by atoms with E-state index in [1.165, 1.54) is 16.7 Å². The molecule has 0 fully saturated rings. The molecule has 0 aliphatic rings. The van der Waals surface area contributed by atoms with Crippen LogP contribution in [0.3, 0.4) is 0 Å². The fourth-order valence-electron chi connectivity index (χ4n) is 2.11. The van der Waals surface area contributed by atoms with Gasteiger partial charge in [0.2, 0.25) is 0 Å². The van der Waals surface area contributed by atoms with Crippen LogP contribution in [-0.2, 0) is 11.3 Å². The fourth-order valence-corrected chi connectivity index (χ4v) is 3.19. The fraction of sp³-hybridized carbons (Fsp3) is 0.235. The van der Waals surface area contributed by atoms with Gasteiger partial charge in [0.25, 0.3) is 5.56 Å². The summed E-state index contributed by atoms with van der Waals surface area (Å²) in [6.07, 6.45) is 2.20. The molecule has 0 N–H and O–H groups in total. The van der Waals surface area contributed by atoms with Gasteiger partial charge < -0.3 is 4.74 Å². The van der Waals surface area contributed by atoms with Crippen LogP contribution in [0.15, 0.2) is 29.1 Å². The van der Waals surface area contributed by atoms with E-state index in [4.69, 9.17) is 15.3 Å². The lowest BCUT2D eigenvalue weighted by molar-refractivity contribution is 0.190. The van der Waals surface area contributed by atoms with Gasteiger partial charge in [-0.15, -0.1) is 11.3 Å². The molecule has 2 aromatic rings. The Balaban J connectivity index is 2.64. The summed E-state index contributed by atoms with van der Waals surface area (Å²) in [5.41, 5.74) is 0.285. The molecule has 0 radical (unpaired) electrons. The Labute approximate surface area is 141 Å². The highest BCUT2D eigenvalue weighted by atomic mass is 32.1. The molecule has 0 aliphatic heterocycles. The normalized spacial score (nSPS) is 11.1. The van der Waals surface area contributed by atoms with Gasteiger partial charge >= 0.3 is 0 Å². The number of hydrogen-bond acceptors (Lipinski definition) is 5. The van der Waals surface area contributed by atoms with Crippen LogP contribution in [0.4, 0.5) is 4.39 Å². The van der Waals surface area contributed by atoms with Gasteiger partial charge in [-0.2, -0.15) is 10.5 Å². The van der Waals surface area contributed by atoms with Crippen LogP contribution in [0.5, 0.6) is 0 Å². The van der Waals surface area contributed by atoms with Crippen LogP contribution in [0.1, 0.15) is 12.0 Å². The molecule has 0 atom stereocenters. The Kier molecular flexibility index (Phi) is 6.02. The predicted octanol–water partition coefficient (Wildman–Crippen LogP) is 1.11. The minimum atomic E-state index is -0.361. The first-order valence-electron chi connectivity index (χ1n) is 7.11. The first kappa shape index (κ1) is 17.6. The third-order valence-corrected chi connectivity index (χ3v) is 4.37. The van der Waals surface area contributed by atoms with Crippen molar-refractivity contribution in [3.63, 3.8) is 0 Å². The molecule has 0 bridgehead atoms. The summed E-state index contributed by atoms with van der Waals surface area (Å²) < 4.78 is 20.1. The Bertz CT molecular complexity index is 959. The van der Waals surface area contributed by atoms with E-state index >= 15 is 0 Å². The van der Waals surface area contributed by atoms with Crippen LogP contribution in [0, 0.1) is 28.5 Å². The van der Waals surface area contributed by atoms with E-state index in [1.807, 2.05) is 12.1 Å². The van der Waals surface area contributed by atoms with Gasteiger partial charge in [0.05, 0.1) is 4.53 Å². The first-order chi connectivity index (χ1) is 11.6. The SMILES string of the molecule is COCCCn1c(=C(C#N)C#N)sc(=Cc2ccc(F)cc2)c1=O. The molecule has 0 unspecified atom stereocenters. The Morgan fingerprint density at radius 3 is 2.58 bits per heavy atom. The van der Waals surface area contributed by atoms with Crippen LogP contribution in [-0.4, -0.2) is 18.3 Å². The van der Waals surface area contributed by atoms with Crippen molar-refractivity contribution in [2.24, 2.45) is 0 Å². The van der Waals surface area contributed by atoms with Crippen molar-refractivity contribution in [1.82, 2.24) is 4.57 Å². The summed E-state index contributed by atoms with van der Waals surface area (Å²) in [7, 11) is 1.56. The molecule has 24 heavy (non-hydrogen) atoms. The highest BCUT2D eigenvalue weighted by molar-refractivity contribution is 7.07. The molecule has 1 heterocycles. The molecular formula is C17H14FN3O2S. The lowest BCUT2D eigenvalue weighted by atomic mass is 10.2. The average molecular weight is 343 g/mol. The number of hydrogen-bond donors (Lipinski definition) is 0. The summed E-state index contributed by atoms with van der Waals surface area (Å²) in [6, 6.07) is 9.37. The van der Waals surface area contributed by atoms with Gasteiger partial charge in [-0.05, 0) is 30.2 Å². The van der Waals surface area contributed by atoms with E-state index in [0.717, 1.165) is 11.3 Å². The highest BCUT2D eigenvalue weighted by Crippen LogP contribution is 2.03. The average Bonchev–Trinajstić information content (AvgIpc) is 2.88. The van der Waals surface area contributed by atoms with Crippen LogP contribution < -0.4 is 14.8 Å². The zero-order chi connectivity index (χ0) is 17.5. The number of halogens is 1. The lowest BCUT2D eigenvalue weighted by Gasteiger charge is -2.01. The number of nitriles is 2. The molecule has 122 valence electrons. The van der Waals surface area contributed by atoms with Gasteiger partial charge in [0.1, 0.15) is 22.6 Å². The minimum Gasteiger partial charge on any atom is -0.385 e. The third kappa shape index (κ3) is 3.96. The molecule has 1 aromatic heterocycles. The topological polar surface area (TPSA) is 78.8 Å². The quantitative estimate of drug-likeness (QED) is 0.762. The zero-order valence-electron chi connectivity index (χ0n) is 13.0. The van der Waals surface area contributed by atoms with Crippen molar-refractivity contribution >= 4 is 23.0 Å². The molecule has 0 aliphatic carbocycles. The number of nitrogens with zero attached hydrogens (tertiary/aromatic N) is 3. The number of thiazole rings is 1. The van der Waals surface area contributed by atoms with Crippen LogP contribution in [0.25, 0.3) is 11.6 Å². The Morgan fingerprint density at radius 1 is 1.33 bits per heavy atom. The van der Waals surface area contributed by atoms with E-state index < -0.39 is 0 Å². The predicted molar refractivity (Wildman–Crippen MR) is 88.9 cm³/mol. The maximum Gasteiger partial charge on any atom is 0.269 e. The van der Waals surface area contributed by atoms with E-state index in [2.05, 4.69) is 0 Å². The van der Waals surface area contributed by atoms with E-state index in [0.29, 0.717) is 34.3 Å². The van der Waals surface area contributed by atoms with Gasteiger partial charge in [-0.1, -0.05) is 12.1 Å². The monoisotopic (exact) mass is 343 g/mol. The molecule has 0 spiro atoms. The van der Waals surface area contributed by atoms with Gasteiger partial charge in [0.15, 0.2) is 5.57 Å². The number of aromatic nitrogens is 1. The zero-order valence-corrected chi connectivity index (χ0v) is 13.8. The van der Waals surface area contributed by atoms with Crippen molar-refractivity contribution < 1.29 is 9.13 Å². The second-order valence-electron chi connectivity index (χ2n) is 4.87. The molecule has 7 heteroatoms. The first-order valence-corrected chi connectivity index (χ1v) is 7.92. The molecule has 0 amide bonds. The van der Waals surface area contributed by atoms with E-state index in [9.17, 15) is 9.18 Å². The lowest BCUT2D eigenvalue weighted by Crippen LogP contribution is -2.32. The van der Waals surface area contributed by atoms with Crippen molar-refractivity contribution in [2.75, 3.05) is 13.7 Å². The second kappa shape index (κ2) is 8.21. The van der Waals surface area contributed by atoms with Crippen molar-refractivity contribution in [3.8, 4) is 12.1 Å². The number of rotatable bonds is 5. The smallest absolute Gasteiger partial charge is 0.269 e. The van der Waals surface area contributed by atoms with Crippen molar-refractivity contribution in [3.05, 3.63) is 55.2 Å². The van der Waals surface area contributed by atoms with E-state index in [-0.39, 0.29) is 16.9 Å².